The number of aromatic amines is 1. The predicted molar refractivity (Wildman–Crippen MR) is 84.9 cm³/mol. The molecule has 0 aliphatic heterocycles. The van der Waals surface area contributed by atoms with E-state index in [9.17, 15) is 8.78 Å². The summed E-state index contributed by atoms with van der Waals surface area (Å²) < 4.78 is 29.4. The minimum atomic E-state index is -0.648. The van der Waals surface area contributed by atoms with Gasteiger partial charge in [-0.05, 0) is 18.6 Å². The highest BCUT2D eigenvalue weighted by Gasteiger charge is 2.15. The maximum absolute atomic E-state index is 14.2. The number of anilines is 2. The number of imidazole rings is 1. The molecule has 0 aliphatic rings. The summed E-state index contributed by atoms with van der Waals surface area (Å²) in [5, 5.41) is 9.63. The number of benzene rings is 1. The highest BCUT2D eigenvalue weighted by molar-refractivity contribution is 5.74. The highest BCUT2D eigenvalue weighted by Crippen LogP contribution is 2.28. The van der Waals surface area contributed by atoms with Gasteiger partial charge in [-0.15, -0.1) is 0 Å². The predicted octanol–water partition coefficient (Wildman–Crippen LogP) is 3.45. The van der Waals surface area contributed by atoms with Crippen molar-refractivity contribution in [2.45, 2.75) is 6.92 Å². The molecular formula is C16H12F2N6. The van der Waals surface area contributed by atoms with Crippen LogP contribution in [0.3, 0.4) is 0 Å². The number of halogens is 2. The first-order chi connectivity index (χ1) is 11.6. The van der Waals surface area contributed by atoms with Crippen LogP contribution < -0.4 is 5.32 Å². The SMILES string of the molecule is Cc1cc(-c2cnc(Nc3cn[nH]c3)c3nccn23)c(F)cc1F. The van der Waals surface area contributed by atoms with Crippen LogP contribution in [0.4, 0.5) is 20.3 Å². The minimum absolute atomic E-state index is 0.263. The average Bonchev–Trinajstić information content (AvgIpc) is 3.23. The van der Waals surface area contributed by atoms with Gasteiger partial charge in [0.1, 0.15) is 11.6 Å². The van der Waals surface area contributed by atoms with Crippen LogP contribution in [-0.4, -0.2) is 24.6 Å². The smallest absolute Gasteiger partial charge is 0.180 e. The molecule has 3 aromatic heterocycles. The molecule has 0 unspecified atom stereocenters. The summed E-state index contributed by atoms with van der Waals surface area (Å²) >= 11 is 0. The van der Waals surface area contributed by atoms with Crippen LogP contribution in [0.25, 0.3) is 16.9 Å². The van der Waals surface area contributed by atoms with Gasteiger partial charge in [0, 0.05) is 30.2 Å². The average molecular weight is 326 g/mol. The van der Waals surface area contributed by atoms with Crippen molar-refractivity contribution in [2.75, 3.05) is 5.32 Å². The molecule has 8 heteroatoms. The van der Waals surface area contributed by atoms with E-state index in [-0.39, 0.29) is 5.56 Å². The number of H-pyrrole nitrogens is 1. The zero-order valence-electron chi connectivity index (χ0n) is 12.6. The first-order valence-corrected chi connectivity index (χ1v) is 7.17. The van der Waals surface area contributed by atoms with Crippen molar-refractivity contribution in [3.8, 4) is 11.3 Å². The Hall–Kier alpha value is -3.29. The molecule has 0 atom stereocenters. The Morgan fingerprint density at radius 2 is 2.00 bits per heavy atom. The Balaban J connectivity index is 1.87. The zero-order valence-corrected chi connectivity index (χ0v) is 12.6. The van der Waals surface area contributed by atoms with Crippen LogP contribution in [0, 0.1) is 18.6 Å². The number of hydrogen-bond acceptors (Lipinski definition) is 4. The summed E-state index contributed by atoms with van der Waals surface area (Å²) in [4.78, 5) is 8.59. The molecule has 0 radical (unpaired) electrons. The van der Waals surface area contributed by atoms with Crippen molar-refractivity contribution in [3.63, 3.8) is 0 Å². The van der Waals surface area contributed by atoms with E-state index >= 15 is 0 Å². The lowest BCUT2D eigenvalue weighted by Crippen LogP contribution is -2.01. The van der Waals surface area contributed by atoms with Gasteiger partial charge >= 0.3 is 0 Å². The van der Waals surface area contributed by atoms with Gasteiger partial charge in [-0.25, -0.2) is 18.7 Å². The van der Waals surface area contributed by atoms with Crippen molar-refractivity contribution in [1.29, 1.82) is 0 Å². The van der Waals surface area contributed by atoms with E-state index < -0.39 is 11.6 Å². The van der Waals surface area contributed by atoms with Crippen LogP contribution in [0.2, 0.25) is 0 Å². The van der Waals surface area contributed by atoms with Crippen LogP contribution in [0.15, 0.2) is 43.1 Å². The van der Waals surface area contributed by atoms with Gasteiger partial charge in [0.05, 0.1) is 23.8 Å². The van der Waals surface area contributed by atoms with Crippen molar-refractivity contribution in [1.82, 2.24) is 24.6 Å². The fraction of sp³-hybridized carbons (Fsp3) is 0.0625. The second-order valence-corrected chi connectivity index (χ2v) is 5.31. The summed E-state index contributed by atoms with van der Waals surface area (Å²) in [6, 6.07) is 2.34. The maximum Gasteiger partial charge on any atom is 0.180 e. The van der Waals surface area contributed by atoms with Gasteiger partial charge in [0.15, 0.2) is 11.5 Å². The summed E-state index contributed by atoms with van der Waals surface area (Å²) in [5.74, 6) is -0.723. The summed E-state index contributed by atoms with van der Waals surface area (Å²) in [6.45, 7) is 1.59. The van der Waals surface area contributed by atoms with E-state index in [2.05, 4.69) is 25.5 Å². The van der Waals surface area contributed by atoms with Gasteiger partial charge in [0.25, 0.3) is 0 Å². The number of aryl methyl sites for hydroxylation is 1. The second kappa shape index (κ2) is 5.41. The van der Waals surface area contributed by atoms with Crippen molar-refractivity contribution in [2.24, 2.45) is 0 Å². The molecule has 0 bridgehead atoms. The molecule has 120 valence electrons. The second-order valence-electron chi connectivity index (χ2n) is 5.31. The Kier molecular flexibility index (Phi) is 3.23. The fourth-order valence-corrected chi connectivity index (χ4v) is 2.52. The monoisotopic (exact) mass is 326 g/mol. The van der Waals surface area contributed by atoms with Gasteiger partial charge < -0.3 is 5.32 Å². The standard InChI is InChI=1S/C16H12F2N6/c1-9-4-11(13(18)5-12(9)17)14-8-20-15(16-19-2-3-24(14)16)23-10-6-21-22-7-10/h2-8H,1H3,(H,20,23)(H,21,22). The van der Waals surface area contributed by atoms with Crippen LogP contribution >= 0.6 is 0 Å². The molecule has 4 rings (SSSR count). The van der Waals surface area contributed by atoms with Gasteiger partial charge in [0.2, 0.25) is 0 Å². The van der Waals surface area contributed by atoms with E-state index in [0.29, 0.717) is 22.7 Å². The van der Waals surface area contributed by atoms with Crippen molar-refractivity contribution >= 4 is 17.2 Å². The minimum Gasteiger partial charge on any atom is -0.335 e. The molecule has 0 spiro atoms. The molecule has 0 amide bonds. The lowest BCUT2D eigenvalue weighted by molar-refractivity contribution is 0.579. The third kappa shape index (κ3) is 2.28. The molecule has 4 aromatic rings. The number of nitrogens with zero attached hydrogens (tertiary/aromatic N) is 4. The van der Waals surface area contributed by atoms with Crippen LogP contribution in [-0.2, 0) is 0 Å². The zero-order chi connectivity index (χ0) is 16.7. The molecule has 2 N–H and O–H groups in total. The van der Waals surface area contributed by atoms with Crippen molar-refractivity contribution < 1.29 is 8.78 Å². The van der Waals surface area contributed by atoms with E-state index in [0.717, 1.165) is 11.8 Å². The first-order valence-electron chi connectivity index (χ1n) is 7.17. The molecule has 0 saturated carbocycles. The number of hydrogen-bond donors (Lipinski definition) is 2. The lowest BCUT2D eigenvalue weighted by Gasteiger charge is -2.11. The summed E-state index contributed by atoms with van der Waals surface area (Å²) in [5.41, 5.74) is 2.36. The topological polar surface area (TPSA) is 70.9 Å². The number of nitrogens with one attached hydrogen (secondary N) is 2. The molecule has 6 nitrogen and oxygen atoms in total. The van der Waals surface area contributed by atoms with E-state index in [1.807, 2.05) is 0 Å². The number of aromatic nitrogens is 5. The van der Waals surface area contributed by atoms with Crippen molar-refractivity contribution in [3.05, 3.63) is 60.3 Å². The largest absolute Gasteiger partial charge is 0.335 e. The molecule has 3 heterocycles. The lowest BCUT2D eigenvalue weighted by atomic mass is 10.1. The molecule has 0 aliphatic carbocycles. The molecular weight excluding hydrogens is 314 g/mol. The van der Waals surface area contributed by atoms with Gasteiger partial charge in [-0.2, -0.15) is 5.10 Å². The Labute approximate surface area is 135 Å². The third-order valence-corrected chi connectivity index (χ3v) is 3.71. The Morgan fingerprint density at radius 1 is 1.12 bits per heavy atom. The van der Waals surface area contributed by atoms with Crippen LogP contribution in [0.5, 0.6) is 0 Å². The highest BCUT2D eigenvalue weighted by atomic mass is 19.1. The Morgan fingerprint density at radius 3 is 2.79 bits per heavy atom. The van der Waals surface area contributed by atoms with Gasteiger partial charge in [-0.3, -0.25) is 9.50 Å². The molecule has 24 heavy (non-hydrogen) atoms. The normalized spacial score (nSPS) is 11.1. The summed E-state index contributed by atoms with van der Waals surface area (Å²) in [6.07, 6.45) is 8.10. The van der Waals surface area contributed by atoms with Gasteiger partial charge in [-0.1, -0.05) is 0 Å². The molecule has 1 aromatic carbocycles. The van der Waals surface area contributed by atoms with E-state index in [1.54, 1.807) is 36.1 Å². The third-order valence-electron chi connectivity index (χ3n) is 3.71. The fourth-order valence-electron chi connectivity index (χ4n) is 2.52. The molecule has 0 fully saturated rings. The first kappa shape index (κ1) is 14.3. The number of rotatable bonds is 3. The Bertz CT molecular complexity index is 1020. The number of fused-ring (bicyclic) bond motifs is 1. The summed E-state index contributed by atoms with van der Waals surface area (Å²) in [7, 11) is 0. The van der Waals surface area contributed by atoms with E-state index in [1.165, 1.54) is 12.3 Å². The van der Waals surface area contributed by atoms with Crippen LogP contribution in [0.1, 0.15) is 5.56 Å². The quantitative estimate of drug-likeness (QED) is 0.605. The maximum atomic E-state index is 14.2. The van der Waals surface area contributed by atoms with E-state index in [4.69, 9.17) is 0 Å². The molecule has 0 saturated heterocycles.